The third-order valence-corrected chi connectivity index (χ3v) is 6.85. The van der Waals surface area contributed by atoms with Gasteiger partial charge in [0.2, 0.25) is 0 Å². The average Bonchev–Trinajstić information content (AvgIpc) is 2.98. The normalized spacial score (nSPS) is 19.0. The maximum absolute atomic E-state index is 13.4. The lowest BCUT2D eigenvalue weighted by Gasteiger charge is -2.21. The Morgan fingerprint density at radius 3 is 3.04 bits per heavy atom. The third-order valence-electron chi connectivity index (χ3n) is 5.71. The van der Waals surface area contributed by atoms with Gasteiger partial charge in [0, 0.05) is 10.4 Å². The van der Waals surface area contributed by atoms with E-state index in [-0.39, 0.29) is 17.4 Å². The Hall–Kier alpha value is -2.05. The van der Waals surface area contributed by atoms with Gasteiger partial charge in [-0.1, -0.05) is 19.1 Å². The van der Waals surface area contributed by atoms with Crippen LogP contribution in [0.3, 0.4) is 0 Å². The summed E-state index contributed by atoms with van der Waals surface area (Å²) in [5.74, 6) is 1.15. The van der Waals surface area contributed by atoms with Crippen molar-refractivity contribution in [2.24, 2.45) is 5.92 Å². The maximum Gasteiger partial charge on any atom is 0.260 e. The van der Waals surface area contributed by atoms with Crippen molar-refractivity contribution in [1.29, 1.82) is 0 Å². The molecule has 2 N–H and O–H groups in total. The molecule has 4 nitrogen and oxygen atoms in total. The summed E-state index contributed by atoms with van der Waals surface area (Å²) in [6.07, 6.45) is 3.16. The Morgan fingerprint density at radius 2 is 2.26 bits per heavy atom. The van der Waals surface area contributed by atoms with Crippen LogP contribution in [0.5, 0.6) is 0 Å². The summed E-state index contributed by atoms with van der Waals surface area (Å²) in [6.45, 7) is 4.98. The Morgan fingerprint density at radius 1 is 1.44 bits per heavy atom. The number of halogens is 1. The molecule has 3 atom stereocenters. The summed E-state index contributed by atoms with van der Waals surface area (Å²) >= 11 is 1.68. The van der Waals surface area contributed by atoms with Gasteiger partial charge in [-0.25, -0.2) is 9.37 Å². The second kappa shape index (κ2) is 7.17. The lowest BCUT2D eigenvalue weighted by atomic mass is 9.89. The largest absolute Gasteiger partial charge is 0.325 e. The van der Waals surface area contributed by atoms with Crippen molar-refractivity contribution in [2.45, 2.75) is 45.7 Å². The molecule has 6 heteroatoms. The van der Waals surface area contributed by atoms with E-state index in [1.54, 1.807) is 23.5 Å². The van der Waals surface area contributed by atoms with E-state index in [1.807, 2.05) is 20.0 Å². The zero-order valence-corrected chi connectivity index (χ0v) is 16.8. The van der Waals surface area contributed by atoms with Crippen LogP contribution >= 0.6 is 11.3 Å². The van der Waals surface area contributed by atoms with Gasteiger partial charge in [0.25, 0.3) is 5.56 Å². The van der Waals surface area contributed by atoms with Crippen molar-refractivity contribution < 1.29 is 9.29 Å². The highest BCUT2D eigenvalue weighted by atomic mass is 32.1. The lowest BCUT2D eigenvalue weighted by molar-refractivity contribution is -0.924. The molecule has 0 saturated carbocycles. The minimum absolute atomic E-state index is 0.00317. The number of hydrogen-bond acceptors (Lipinski definition) is 3. The minimum Gasteiger partial charge on any atom is -0.325 e. The highest BCUT2D eigenvalue weighted by molar-refractivity contribution is 7.18. The van der Waals surface area contributed by atoms with Crippen LogP contribution in [0.4, 0.5) is 4.39 Å². The van der Waals surface area contributed by atoms with Gasteiger partial charge in [0.1, 0.15) is 23.2 Å². The molecule has 0 amide bonds. The first-order valence-corrected chi connectivity index (χ1v) is 10.3. The van der Waals surface area contributed by atoms with E-state index < -0.39 is 0 Å². The first-order valence-electron chi connectivity index (χ1n) is 9.53. The molecule has 4 rings (SSSR count). The van der Waals surface area contributed by atoms with E-state index in [1.165, 1.54) is 16.5 Å². The molecule has 1 aliphatic carbocycles. The molecular weight excluding hydrogens is 361 g/mol. The highest BCUT2D eigenvalue weighted by Crippen LogP contribution is 2.35. The van der Waals surface area contributed by atoms with Crippen molar-refractivity contribution in [3.05, 3.63) is 62.3 Å². The fourth-order valence-corrected chi connectivity index (χ4v) is 5.32. The summed E-state index contributed by atoms with van der Waals surface area (Å²) in [6, 6.07) is 6.67. The van der Waals surface area contributed by atoms with Gasteiger partial charge in [0.05, 0.1) is 12.4 Å². The molecule has 0 spiro atoms. The predicted molar refractivity (Wildman–Crippen MR) is 107 cm³/mol. The molecule has 2 heterocycles. The third kappa shape index (κ3) is 3.56. The number of aromatic amines is 1. The van der Waals surface area contributed by atoms with Crippen LogP contribution in [0.1, 0.15) is 48.1 Å². The lowest BCUT2D eigenvalue weighted by Crippen LogP contribution is -3.07. The number of benzene rings is 1. The number of aromatic nitrogens is 2. The topological polar surface area (TPSA) is 50.2 Å². The predicted octanol–water partition coefficient (Wildman–Crippen LogP) is 3.02. The van der Waals surface area contributed by atoms with Crippen molar-refractivity contribution in [3.63, 3.8) is 0 Å². The number of quaternary nitrogens is 1. The van der Waals surface area contributed by atoms with E-state index in [0.717, 1.165) is 39.9 Å². The minimum atomic E-state index is -0.223. The SMILES string of the molecule is C[C@H]1CCc2c(sc3nc([C@@H](C)[NH+](C)Cc4cccc(F)c4)[nH]c(=O)c23)C1. The summed E-state index contributed by atoms with van der Waals surface area (Å²) in [7, 11) is 2.04. The number of nitrogens with zero attached hydrogens (tertiary/aromatic N) is 1. The van der Waals surface area contributed by atoms with Crippen LogP contribution in [-0.4, -0.2) is 17.0 Å². The first kappa shape index (κ1) is 18.3. The first-order chi connectivity index (χ1) is 12.9. The van der Waals surface area contributed by atoms with E-state index >= 15 is 0 Å². The van der Waals surface area contributed by atoms with Gasteiger partial charge in [0.15, 0.2) is 5.82 Å². The molecule has 1 aliphatic rings. The molecule has 142 valence electrons. The molecule has 27 heavy (non-hydrogen) atoms. The van der Waals surface area contributed by atoms with Crippen molar-refractivity contribution in [2.75, 3.05) is 7.05 Å². The molecule has 0 saturated heterocycles. The number of thiophene rings is 1. The molecular formula is C21H25FN3OS+. The van der Waals surface area contributed by atoms with E-state index in [4.69, 9.17) is 4.98 Å². The Kier molecular flexibility index (Phi) is 4.86. The number of hydrogen-bond donors (Lipinski definition) is 2. The summed E-state index contributed by atoms with van der Waals surface area (Å²) < 4.78 is 13.4. The highest BCUT2D eigenvalue weighted by Gasteiger charge is 2.25. The van der Waals surface area contributed by atoms with Gasteiger partial charge in [-0.05, 0) is 49.8 Å². The molecule has 1 unspecified atom stereocenters. The standard InChI is InChI=1S/C21H24FN3OS/c1-12-7-8-16-17(9-12)27-21-18(16)20(26)23-19(24-21)13(2)25(3)11-14-5-4-6-15(22)10-14/h4-6,10,12-13H,7-9,11H2,1-3H3,(H,23,24,26)/p+1/t12-,13+/m0/s1. The number of fused-ring (bicyclic) bond motifs is 3. The zero-order chi connectivity index (χ0) is 19.1. The average molecular weight is 387 g/mol. The smallest absolute Gasteiger partial charge is 0.260 e. The fraction of sp³-hybridized carbons (Fsp3) is 0.429. The number of H-pyrrole nitrogens is 1. The van der Waals surface area contributed by atoms with Gasteiger partial charge in [-0.15, -0.1) is 11.3 Å². The van der Waals surface area contributed by atoms with Gasteiger partial charge < -0.3 is 9.88 Å². The van der Waals surface area contributed by atoms with Crippen LogP contribution in [0.25, 0.3) is 10.2 Å². The summed E-state index contributed by atoms with van der Waals surface area (Å²) in [4.78, 5) is 24.0. The molecule has 0 aliphatic heterocycles. The second-order valence-electron chi connectivity index (χ2n) is 7.86. The number of nitrogens with one attached hydrogen (secondary N) is 2. The van der Waals surface area contributed by atoms with Gasteiger partial charge in [-0.3, -0.25) is 4.79 Å². The summed E-state index contributed by atoms with van der Waals surface area (Å²) in [5.41, 5.74) is 2.12. The van der Waals surface area contributed by atoms with Crippen LogP contribution < -0.4 is 10.5 Å². The quantitative estimate of drug-likeness (QED) is 0.724. The van der Waals surface area contributed by atoms with E-state index in [9.17, 15) is 9.18 Å². The monoisotopic (exact) mass is 386 g/mol. The van der Waals surface area contributed by atoms with Gasteiger partial charge in [-0.2, -0.15) is 0 Å². The zero-order valence-electron chi connectivity index (χ0n) is 15.9. The Bertz CT molecular complexity index is 1040. The summed E-state index contributed by atoms with van der Waals surface area (Å²) in [5, 5.41) is 0.792. The van der Waals surface area contributed by atoms with E-state index in [0.29, 0.717) is 18.3 Å². The van der Waals surface area contributed by atoms with E-state index in [2.05, 4.69) is 11.9 Å². The number of aryl methyl sites for hydroxylation is 1. The Balaban J connectivity index is 1.64. The van der Waals surface area contributed by atoms with Crippen molar-refractivity contribution in [1.82, 2.24) is 9.97 Å². The molecule has 1 aromatic carbocycles. The Labute approximate surface area is 162 Å². The molecule has 2 aromatic heterocycles. The van der Waals surface area contributed by atoms with Crippen LogP contribution in [0, 0.1) is 11.7 Å². The second-order valence-corrected chi connectivity index (χ2v) is 8.94. The van der Waals surface area contributed by atoms with Gasteiger partial charge >= 0.3 is 0 Å². The molecule has 0 radical (unpaired) electrons. The van der Waals surface area contributed by atoms with Crippen molar-refractivity contribution in [3.8, 4) is 0 Å². The number of rotatable bonds is 4. The maximum atomic E-state index is 13.4. The van der Waals surface area contributed by atoms with Crippen LogP contribution in [-0.2, 0) is 19.4 Å². The molecule has 0 bridgehead atoms. The molecule has 0 fully saturated rings. The van der Waals surface area contributed by atoms with Crippen LogP contribution in [0.2, 0.25) is 0 Å². The van der Waals surface area contributed by atoms with Crippen LogP contribution in [0.15, 0.2) is 29.1 Å². The molecule has 3 aromatic rings. The fourth-order valence-electron chi connectivity index (χ4n) is 3.93. The van der Waals surface area contributed by atoms with Crippen molar-refractivity contribution >= 4 is 21.6 Å².